The van der Waals surface area contributed by atoms with Crippen LogP contribution in [0.5, 0.6) is 5.75 Å². The Morgan fingerprint density at radius 1 is 1.06 bits per heavy atom. The predicted molar refractivity (Wildman–Crippen MR) is 119 cm³/mol. The highest BCUT2D eigenvalue weighted by Crippen LogP contribution is 2.31. The number of imide groups is 1. The van der Waals surface area contributed by atoms with Gasteiger partial charge < -0.3 is 10.1 Å². The third-order valence-corrected chi connectivity index (χ3v) is 5.40. The first-order chi connectivity index (χ1) is 15.0. The standard InChI is InChI=1S/C23H22N2O5S/c1-2-19(26)17-8-10-18(11-9-17)30-15-21(27)24-12-13-25-22(28)20(31-23(25)29)14-16-6-4-3-5-7-16/h3-11,14H,2,12-13,15H2,1H3,(H,24,27)/b20-14-. The molecule has 7 nitrogen and oxygen atoms in total. The normalized spacial score (nSPS) is 14.7. The summed E-state index contributed by atoms with van der Waals surface area (Å²) in [5.74, 6) is -0.235. The van der Waals surface area contributed by atoms with Crippen molar-refractivity contribution in [3.05, 3.63) is 70.6 Å². The quantitative estimate of drug-likeness (QED) is 0.476. The van der Waals surface area contributed by atoms with Crippen molar-refractivity contribution in [3.63, 3.8) is 0 Å². The molecule has 0 bridgehead atoms. The van der Waals surface area contributed by atoms with Gasteiger partial charge in [0.15, 0.2) is 12.4 Å². The SMILES string of the molecule is CCC(=O)c1ccc(OCC(=O)NCCN2C(=O)S/C(=C\c3ccccc3)C2=O)cc1. The first kappa shape index (κ1) is 22.3. The molecule has 0 radical (unpaired) electrons. The molecule has 0 aliphatic carbocycles. The third kappa shape index (κ3) is 6.05. The molecule has 1 saturated heterocycles. The van der Waals surface area contributed by atoms with Gasteiger partial charge in [-0.05, 0) is 47.7 Å². The lowest BCUT2D eigenvalue weighted by Gasteiger charge is -2.13. The van der Waals surface area contributed by atoms with E-state index in [0.29, 0.717) is 22.6 Å². The van der Waals surface area contributed by atoms with Crippen molar-refractivity contribution in [2.75, 3.05) is 19.7 Å². The maximum atomic E-state index is 12.5. The minimum absolute atomic E-state index is 0.0373. The van der Waals surface area contributed by atoms with Crippen LogP contribution in [-0.4, -0.2) is 47.4 Å². The summed E-state index contributed by atoms with van der Waals surface area (Å²) in [6.07, 6.45) is 2.10. The number of carbonyl (C=O) groups is 4. The Hall–Kier alpha value is -3.39. The predicted octanol–water partition coefficient (Wildman–Crippen LogP) is 3.51. The van der Waals surface area contributed by atoms with Crippen molar-refractivity contribution in [1.29, 1.82) is 0 Å². The van der Waals surface area contributed by atoms with Crippen LogP contribution in [0.25, 0.3) is 6.08 Å². The van der Waals surface area contributed by atoms with Gasteiger partial charge in [-0.3, -0.25) is 24.1 Å². The summed E-state index contributed by atoms with van der Waals surface area (Å²) < 4.78 is 5.40. The molecule has 31 heavy (non-hydrogen) atoms. The summed E-state index contributed by atoms with van der Waals surface area (Å²) in [6, 6.07) is 15.9. The molecule has 2 aromatic rings. The topological polar surface area (TPSA) is 92.8 Å². The lowest BCUT2D eigenvalue weighted by atomic mass is 10.1. The van der Waals surface area contributed by atoms with Gasteiger partial charge in [-0.1, -0.05) is 37.3 Å². The Labute approximate surface area is 184 Å². The van der Waals surface area contributed by atoms with Crippen LogP contribution < -0.4 is 10.1 Å². The Morgan fingerprint density at radius 2 is 1.77 bits per heavy atom. The van der Waals surface area contributed by atoms with E-state index in [4.69, 9.17) is 4.74 Å². The van der Waals surface area contributed by atoms with E-state index < -0.39 is 0 Å². The molecule has 3 amide bonds. The monoisotopic (exact) mass is 438 g/mol. The third-order valence-electron chi connectivity index (χ3n) is 4.50. The fourth-order valence-electron chi connectivity index (χ4n) is 2.84. The number of hydrogen-bond acceptors (Lipinski definition) is 6. The molecular formula is C23H22N2O5S. The van der Waals surface area contributed by atoms with E-state index in [0.717, 1.165) is 22.2 Å². The van der Waals surface area contributed by atoms with Gasteiger partial charge in [-0.2, -0.15) is 0 Å². The lowest BCUT2D eigenvalue weighted by Crippen LogP contribution is -2.38. The maximum Gasteiger partial charge on any atom is 0.293 e. The van der Waals surface area contributed by atoms with Crippen LogP contribution in [0.1, 0.15) is 29.3 Å². The van der Waals surface area contributed by atoms with Gasteiger partial charge in [-0.25, -0.2) is 0 Å². The summed E-state index contributed by atoms with van der Waals surface area (Å²) in [6.45, 7) is 1.79. The number of ketones is 1. The summed E-state index contributed by atoms with van der Waals surface area (Å²) in [7, 11) is 0. The molecule has 0 atom stereocenters. The Morgan fingerprint density at radius 3 is 2.45 bits per heavy atom. The van der Waals surface area contributed by atoms with Crippen LogP contribution in [0.15, 0.2) is 59.5 Å². The van der Waals surface area contributed by atoms with Crippen molar-refractivity contribution in [2.24, 2.45) is 0 Å². The number of amides is 3. The molecule has 1 N–H and O–H groups in total. The number of rotatable bonds is 9. The Balaban J connectivity index is 1.44. The molecular weight excluding hydrogens is 416 g/mol. The molecule has 3 rings (SSSR count). The molecule has 0 aromatic heterocycles. The van der Waals surface area contributed by atoms with E-state index in [1.54, 1.807) is 37.3 Å². The van der Waals surface area contributed by atoms with Crippen LogP contribution in [0.3, 0.4) is 0 Å². The molecule has 1 aliphatic heterocycles. The van der Waals surface area contributed by atoms with E-state index in [1.165, 1.54) is 0 Å². The molecule has 2 aromatic carbocycles. The van der Waals surface area contributed by atoms with E-state index in [2.05, 4.69) is 5.32 Å². The summed E-state index contributed by atoms with van der Waals surface area (Å²) in [5, 5.41) is 2.27. The van der Waals surface area contributed by atoms with Gasteiger partial charge >= 0.3 is 0 Å². The molecule has 1 heterocycles. The van der Waals surface area contributed by atoms with Gasteiger partial charge in [0.25, 0.3) is 17.1 Å². The van der Waals surface area contributed by atoms with Crippen LogP contribution in [0.2, 0.25) is 0 Å². The first-order valence-electron chi connectivity index (χ1n) is 9.81. The average Bonchev–Trinajstić information content (AvgIpc) is 3.05. The number of carbonyl (C=O) groups excluding carboxylic acids is 4. The van der Waals surface area contributed by atoms with Crippen molar-refractivity contribution >= 4 is 40.7 Å². The van der Waals surface area contributed by atoms with Crippen LogP contribution in [-0.2, 0) is 9.59 Å². The number of nitrogens with one attached hydrogen (secondary N) is 1. The van der Waals surface area contributed by atoms with E-state index in [-0.39, 0.29) is 42.5 Å². The molecule has 0 saturated carbocycles. The molecule has 1 aliphatic rings. The van der Waals surface area contributed by atoms with Gasteiger partial charge in [0.2, 0.25) is 0 Å². The van der Waals surface area contributed by atoms with Crippen molar-refractivity contribution in [2.45, 2.75) is 13.3 Å². The average molecular weight is 439 g/mol. The number of ether oxygens (including phenoxy) is 1. The number of nitrogens with zero attached hydrogens (tertiary/aromatic N) is 1. The van der Waals surface area contributed by atoms with Crippen LogP contribution in [0.4, 0.5) is 4.79 Å². The second kappa shape index (κ2) is 10.6. The summed E-state index contributed by atoms with van der Waals surface area (Å²) >= 11 is 0.885. The second-order valence-corrected chi connectivity index (χ2v) is 7.68. The zero-order chi connectivity index (χ0) is 22.2. The maximum absolute atomic E-state index is 12.5. The second-order valence-electron chi connectivity index (χ2n) is 6.68. The molecule has 0 spiro atoms. The minimum atomic E-state index is -0.375. The molecule has 0 unspecified atom stereocenters. The van der Waals surface area contributed by atoms with Gasteiger partial charge in [-0.15, -0.1) is 0 Å². The van der Waals surface area contributed by atoms with Gasteiger partial charge in [0.1, 0.15) is 5.75 Å². The first-order valence-corrected chi connectivity index (χ1v) is 10.6. The largest absolute Gasteiger partial charge is 0.484 e. The number of thioether (sulfide) groups is 1. The van der Waals surface area contributed by atoms with Crippen molar-refractivity contribution in [1.82, 2.24) is 10.2 Å². The molecule has 1 fully saturated rings. The Kier molecular flexibility index (Phi) is 7.61. The number of hydrogen-bond donors (Lipinski definition) is 1. The van der Waals surface area contributed by atoms with Crippen LogP contribution in [0, 0.1) is 0 Å². The smallest absolute Gasteiger partial charge is 0.293 e. The fourth-order valence-corrected chi connectivity index (χ4v) is 3.71. The highest BCUT2D eigenvalue weighted by Gasteiger charge is 2.34. The zero-order valence-corrected chi connectivity index (χ0v) is 17.8. The summed E-state index contributed by atoms with van der Waals surface area (Å²) in [4.78, 5) is 49.7. The summed E-state index contributed by atoms with van der Waals surface area (Å²) in [5.41, 5.74) is 1.43. The van der Waals surface area contributed by atoms with E-state index in [1.807, 2.05) is 30.3 Å². The van der Waals surface area contributed by atoms with E-state index in [9.17, 15) is 19.2 Å². The van der Waals surface area contributed by atoms with Crippen LogP contribution >= 0.6 is 11.8 Å². The minimum Gasteiger partial charge on any atom is -0.484 e. The highest BCUT2D eigenvalue weighted by molar-refractivity contribution is 8.18. The van der Waals surface area contributed by atoms with E-state index >= 15 is 0 Å². The number of Topliss-reactive ketones (excluding diaryl/α,β-unsaturated/α-hetero) is 1. The van der Waals surface area contributed by atoms with Crippen molar-refractivity contribution in [3.8, 4) is 5.75 Å². The van der Waals surface area contributed by atoms with Gasteiger partial charge in [0.05, 0.1) is 4.91 Å². The lowest BCUT2D eigenvalue weighted by molar-refractivity contribution is -0.125. The highest BCUT2D eigenvalue weighted by atomic mass is 32.2. The molecule has 8 heteroatoms. The fraction of sp³-hybridized carbons (Fsp3) is 0.217. The van der Waals surface area contributed by atoms with Crippen molar-refractivity contribution < 1.29 is 23.9 Å². The van der Waals surface area contributed by atoms with Gasteiger partial charge in [0, 0.05) is 25.1 Å². The number of benzene rings is 2. The molecule has 160 valence electrons. The Bertz CT molecular complexity index is 1000. The zero-order valence-electron chi connectivity index (χ0n) is 17.0.